The number of fused-ring (bicyclic) bond motifs is 1. The average Bonchev–Trinajstić information content (AvgIpc) is 2.53. The largest absolute Gasteiger partial charge is 0.748 e. The summed E-state index contributed by atoms with van der Waals surface area (Å²) >= 11 is 4.71. The van der Waals surface area contributed by atoms with Crippen LogP contribution in [0.5, 0.6) is 0 Å². The van der Waals surface area contributed by atoms with Crippen molar-refractivity contribution in [2.75, 3.05) is 12.3 Å². The molecule has 122 valence electrons. The van der Waals surface area contributed by atoms with Crippen LogP contribution in [-0.2, 0) is 15.5 Å². The summed E-state index contributed by atoms with van der Waals surface area (Å²) in [5, 5.41) is 0. The van der Waals surface area contributed by atoms with Crippen LogP contribution in [0.2, 0.25) is 0 Å². The topological polar surface area (TPSA) is 60.2 Å². The van der Waals surface area contributed by atoms with Crippen LogP contribution < -0.4 is 0 Å². The number of halogens is 2. The number of benzene rings is 1. The zero-order valence-electron chi connectivity index (χ0n) is 12.8. The van der Waals surface area contributed by atoms with Crippen molar-refractivity contribution >= 4 is 66.7 Å². The summed E-state index contributed by atoms with van der Waals surface area (Å²) in [6.07, 6.45) is 1.10. The molecule has 0 saturated carbocycles. The van der Waals surface area contributed by atoms with Gasteiger partial charge < -0.3 is 4.55 Å². The molecule has 0 spiro atoms. The molecule has 2 rings (SSSR count). The van der Waals surface area contributed by atoms with Crippen LogP contribution in [0.25, 0.3) is 0 Å². The van der Waals surface area contributed by atoms with Crippen molar-refractivity contribution in [2.24, 2.45) is 0 Å². The number of nitrogens with zero attached hydrogens (tertiary/aromatic N) is 1. The van der Waals surface area contributed by atoms with E-state index in [0.717, 1.165) is 6.54 Å². The Kier molecular flexibility index (Phi) is 5.61. The Morgan fingerprint density at radius 3 is 2.45 bits per heavy atom. The maximum absolute atomic E-state index is 10.7. The van der Waals surface area contributed by atoms with E-state index in [4.69, 9.17) is 0 Å². The second-order valence-electron chi connectivity index (χ2n) is 6.11. The van der Waals surface area contributed by atoms with Crippen LogP contribution in [-0.4, -0.2) is 35.6 Å². The smallest absolute Gasteiger partial charge is 0.211 e. The Bertz CT molecular complexity index is 739. The van der Waals surface area contributed by atoms with E-state index in [9.17, 15) is 13.0 Å². The molecule has 7 heteroatoms. The molecule has 4 nitrogen and oxygen atoms in total. The summed E-state index contributed by atoms with van der Waals surface area (Å²) in [5.41, 5.74) is 3.79. The van der Waals surface area contributed by atoms with Crippen LogP contribution in [0.4, 0.5) is 5.69 Å². The van der Waals surface area contributed by atoms with E-state index in [1.165, 1.54) is 24.1 Å². The van der Waals surface area contributed by atoms with Crippen LogP contribution in [0.1, 0.15) is 39.2 Å². The molecule has 22 heavy (non-hydrogen) atoms. The summed E-state index contributed by atoms with van der Waals surface area (Å²) in [6.45, 7) is 7.32. The third-order valence-corrected chi connectivity index (χ3v) is 6.55. The number of hydrogen-bond donors (Lipinski definition) is 0. The first kappa shape index (κ1) is 18.6. The van der Waals surface area contributed by atoms with Crippen LogP contribution >= 0.6 is 45.2 Å². The fraction of sp³-hybridized carbons (Fsp3) is 0.533. The highest BCUT2D eigenvalue weighted by atomic mass is 127. The van der Waals surface area contributed by atoms with E-state index in [1.54, 1.807) is 0 Å². The van der Waals surface area contributed by atoms with Crippen molar-refractivity contribution in [2.45, 2.75) is 39.0 Å². The van der Waals surface area contributed by atoms with Crippen LogP contribution in [0.3, 0.4) is 0 Å². The molecule has 0 saturated heterocycles. The van der Waals surface area contributed by atoms with Gasteiger partial charge >= 0.3 is 0 Å². The van der Waals surface area contributed by atoms with Gasteiger partial charge in [-0.2, -0.15) is 4.58 Å². The van der Waals surface area contributed by atoms with E-state index in [0.29, 0.717) is 12.8 Å². The van der Waals surface area contributed by atoms with Gasteiger partial charge in [0, 0.05) is 32.3 Å². The molecule has 1 aromatic rings. The monoisotopic (exact) mass is 547 g/mol. The van der Waals surface area contributed by atoms with Gasteiger partial charge in [-0.15, -0.1) is 0 Å². The lowest BCUT2D eigenvalue weighted by molar-refractivity contribution is -0.439. The molecule has 0 fully saturated rings. The number of hydrogen-bond acceptors (Lipinski definition) is 3. The predicted molar refractivity (Wildman–Crippen MR) is 104 cm³/mol. The fourth-order valence-corrected chi connectivity index (χ4v) is 5.97. The van der Waals surface area contributed by atoms with Crippen molar-refractivity contribution in [1.82, 2.24) is 0 Å². The van der Waals surface area contributed by atoms with E-state index < -0.39 is 10.1 Å². The maximum atomic E-state index is 10.7. The Morgan fingerprint density at radius 2 is 1.86 bits per heavy atom. The Balaban J connectivity index is 2.27. The highest BCUT2D eigenvalue weighted by molar-refractivity contribution is 14.1. The lowest BCUT2D eigenvalue weighted by Gasteiger charge is -2.16. The second-order valence-corrected chi connectivity index (χ2v) is 10.0. The molecule has 0 aromatic heterocycles. The van der Waals surface area contributed by atoms with Crippen LogP contribution in [0, 0.1) is 7.14 Å². The van der Waals surface area contributed by atoms with Gasteiger partial charge in [-0.1, -0.05) is 0 Å². The van der Waals surface area contributed by atoms with Gasteiger partial charge in [0.25, 0.3) is 0 Å². The van der Waals surface area contributed by atoms with Crippen molar-refractivity contribution in [3.63, 3.8) is 0 Å². The molecule has 0 N–H and O–H groups in total. The molecule has 0 aliphatic carbocycles. The van der Waals surface area contributed by atoms with E-state index >= 15 is 0 Å². The van der Waals surface area contributed by atoms with Crippen molar-refractivity contribution in [3.05, 3.63) is 24.8 Å². The van der Waals surface area contributed by atoms with Gasteiger partial charge in [0.05, 0.1) is 21.1 Å². The Labute approximate surface area is 159 Å². The second kappa shape index (κ2) is 6.64. The maximum Gasteiger partial charge on any atom is 0.211 e. The normalized spacial score (nSPS) is 17.0. The lowest BCUT2D eigenvalue weighted by Crippen LogP contribution is -2.27. The highest BCUT2D eigenvalue weighted by Gasteiger charge is 2.44. The first-order valence-corrected chi connectivity index (χ1v) is 10.8. The highest BCUT2D eigenvalue weighted by Crippen LogP contribution is 2.43. The molecule has 1 aromatic carbocycles. The summed E-state index contributed by atoms with van der Waals surface area (Å²) in [6, 6.07) is 4.36. The predicted octanol–water partition coefficient (Wildman–Crippen LogP) is 3.62. The Hall–Kier alpha value is 0.260. The molecule has 1 aliphatic rings. The first-order chi connectivity index (χ1) is 10.0. The van der Waals surface area contributed by atoms with Gasteiger partial charge in [0.1, 0.15) is 6.54 Å². The molecule has 0 unspecified atom stereocenters. The minimum atomic E-state index is -4.11. The number of unbranched alkanes of at least 4 members (excludes halogenated alkanes) is 1. The van der Waals surface area contributed by atoms with Gasteiger partial charge in [-0.3, -0.25) is 0 Å². The standard InChI is InChI=1S/C15H19I2NO3S/c1-10-15(2,3)14-12(17)8-11(16)9-13(14)18(10)6-4-5-7-22(19,20)21/h8-9H,4-7H2,1-3H3. The molecule has 0 bridgehead atoms. The summed E-state index contributed by atoms with van der Waals surface area (Å²) in [5.74, 6) is -0.278. The summed E-state index contributed by atoms with van der Waals surface area (Å²) in [4.78, 5) is 0. The molecule has 0 atom stereocenters. The Morgan fingerprint density at radius 1 is 1.23 bits per heavy atom. The average molecular weight is 547 g/mol. The zero-order chi connectivity index (χ0) is 16.7. The SMILES string of the molecule is CC1=[N+](CCCCS(=O)(=O)[O-])c2cc(I)cc(I)c2C1(C)C. The first-order valence-electron chi connectivity index (χ1n) is 7.08. The minimum Gasteiger partial charge on any atom is -0.748 e. The van der Waals surface area contributed by atoms with E-state index in [1.807, 2.05) is 0 Å². The molecule has 1 heterocycles. The summed E-state index contributed by atoms with van der Waals surface area (Å²) in [7, 11) is -4.11. The molecular formula is C15H19I2NO3S. The molecule has 0 radical (unpaired) electrons. The van der Waals surface area contributed by atoms with E-state index in [2.05, 4.69) is 82.7 Å². The van der Waals surface area contributed by atoms with E-state index in [-0.39, 0.29) is 11.2 Å². The van der Waals surface area contributed by atoms with Crippen LogP contribution in [0.15, 0.2) is 12.1 Å². The van der Waals surface area contributed by atoms with Gasteiger partial charge in [-0.05, 0) is 71.5 Å². The minimum absolute atomic E-state index is 0.0270. The van der Waals surface area contributed by atoms with Crippen molar-refractivity contribution in [1.29, 1.82) is 0 Å². The van der Waals surface area contributed by atoms with Gasteiger partial charge in [0.2, 0.25) is 5.69 Å². The molecule has 0 amide bonds. The zero-order valence-corrected chi connectivity index (χ0v) is 18.0. The van der Waals surface area contributed by atoms with Crippen molar-refractivity contribution in [3.8, 4) is 0 Å². The summed E-state index contributed by atoms with van der Waals surface area (Å²) < 4.78 is 36.8. The quantitative estimate of drug-likeness (QED) is 0.245. The van der Waals surface area contributed by atoms with Crippen molar-refractivity contribution < 1.29 is 17.5 Å². The van der Waals surface area contributed by atoms with Gasteiger partial charge in [-0.25, -0.2) is 8.42 Å². The third-order valence-electron chi connectivity index (χ3n) is 4.29. The molecular weight excluding hydrogens is 528 g/mol. The number of rotatable bonds is 5. The molecule has 1 aliphatic heterocycles. The third kappa shape index (κ3) is 3.84. The van der Waals surface area contributed by atoms with Gasteiger partial charge in [0.15, 0.2) is 5.71 Å². The lowest BCUT2D eigenvalue weighted by atomic mass is 9.82. The fourth-order valence-electron chi connectivity index (χ4n) is 2.93.